The van der Waals surface area contributed by atoms with E-state index in [1.807, 2.05) is 0 Å². The van der Waals surface area contributed by atoms with E-state index in [0.29, 0.717) is 22.9 Å². The molecule has 6 heteroatoms. The van der Waals surface area contributed by atoms with Gasteiger partial charge in [-0.2, -0.15) is 5.26 Å². The number of benzene rings is 3. The normalized spacial score (nSPS) is 10.4. The van der Waals surface area contributed by atoms with Crippen LogP contribution in [0.3, 0.4) is 0 Å². The van der Waals surface area contributed by atoms with Crippen LogP contribution in [-0.2, 0) is 6.61 Å². The highest BCUT2D eigenvalue weighted by Crippen LogP contribution is 2.27. The Morgan fingerprint density at radius 1 is 0.769 bits per heavy atom. The van der Waals surface area contributed by atoms with Crippen molar-refractivity contribution in [3.63, 3.8) is 0 Å². The molecular formula is C20H11F4NO. The minimum Gasteiger partial charge on any atom is -0.489 e. The zero-order valence-corrected chi connectivity index (χ0v) is 13.3. The first-order chi connectivity index (χ1) is 12.5. The van der Waals surface area contributed by atoms with Crippen molar-refractivity contribution < 1.29 is 22.3 Å². The number of ether oxygens (including phenoxy) is 1. The molecule has 0 aliphatic carbocycles. The summed E-state index contributed by atoms with van der Waals surface area (Å²) in [5.74, 6) is -3.41. The summed E-state index contributed by atoms with van der Waals surface area (Å²) in [4.78, 5) is 0. The van der Waals surface area contributed by atoms with Crippen LogP contribution in [-0.4, -0.2) is 0 Å². The molecule has 3 aromatic carbocycles. The van der Waals surface area contributed by atoms with Gasteiger partial charge in [0, 0.05) is 11.6 Å². The second-order valence-electron chi connectivity index (χ2n) is 5.49. The van der Waals surface area contributed by atoms with Gasteiger partial charge >= 0.3 is 0 Å². The van der Waals surface area contributed by atoms with E-state index in [4.69, 9.17) is 10.00 Å². The Morgan fingerprint density at radius 3 is 2.15 bits per heavy atom. The molecule has 0 atom stereocenters. The Morgan fingerprint density at radius 2 is 1.46 bits per heavy atom. The number of hydrogen-bond donors (Lipinski definition) is 0. The van der Waals surface area contributed by atoms with Crippen LogP contribution in [0.2, 0.25) is 0 Å². The smallest absolute Gasteiger partial charge is 0.161 e. The lowest BCUT2D eigenvalue weighted by molar-refractivity contribution is 0.306. The number of nitrogens with zero attached hydrogens (tertiary/aromatic N) is 1. The van der Waals surface area contributed by atoms with Crippen molar-refractivity contribution in [3.8, 4) is 22.9 Å². The molecule has 26 heavy (non-hydrogen) atoms. The van der Waals surface area contributed by atoms with Gasteiger partial charge in [0.05, 0.1) is 5.56 Å². The maximum atomic E-state index is 13.8. The van der Waals surface area contributed by atoms with Crippen molar-refractivity contribution in [3.05, 3.63) is 89.0 Å². The molecule has 0 fully saturated rings. The molecular weight excluding hydrogens is 346 g/mol. The summed E-state index contributed by atoms with van der Waals surface area (Å²) < 4.78 is 58.9. The van der Waals surface area contributed by atoms with Gasteiger partial charge < -0.3 is 4.74 Å². The fraction of sp³-hybridized carbons (Fsp3) is 0.0500. The molecule has 130 valence electrons. The zero-order valence-electron chi connectivity index (χ0n) is 13.3. The quantitative estimate of drug-likeness (QED) is 0.465. The molecule has 0 aromatic heterocycles. The van der Waals surface area contributed by atoms with Crippen LogP contribution in [0.5, 0.6) is 5.75 Å². The minimum atomic E-state index is -1.25. The van der Waals surface area contributed by atoms with Gasteiger partial charge in [0.1, 0.15) is 30.1 Å². The second-order valence-corrected chi connectivity index (χ2v) is 5.49. The Balaban J connectivity index is 1.74. The van der Waals surface area contributed by atoms with Gasteiger partial charge in [-0.05, 0) is 41.5 Å². The SMILES string of the molecule is N#Cc1cc(COc2ccc(-c3cc(F)c(F)cc3F)cc2)ccc1F. The minimum absolute atomic E-state index is 0.0624. The van der Waals surface area contributed by atoms with Gasteiger partial charge in [0.2, 0.25) is 0 Å². The summed E-state index contributed by atoms with van der Waals surface area (Å²) in [5, 5.41) is 8.81. The van der Waals surface area contributed by atoms with Gasteiger partial charge in [-0.15, -0.1) is 0 Å². The van der Waals surface area contributed by atoms with Crippen molar-refractivity contribution in [2.24, 2.45) is 0 Å². The van der Waals surface area contributed by atoms with Crippen molar-refractivity contribution in [2.45, 2.75) is 6.61 Å². The average molecular weight is 357 g/mol. The van der Waals surface area contributed by atoms with E-state index in [1.165, 1.54) is 30.3 Å². The summed E-state index contributed by atoms with van der Waals surface area (Å²) in [6.45, 7) is 0.105. The van der Waals surface area contributed by atoms with Crippen molar-refractivity contribution >= 4 is 0 Å². The topological polar surface area (TPSA) is 33.0 Å². The molecule has 0 saturated carbocycles. The molecule has 0 aliphatic rings. The van der Waals surface area contributed by atoms with Crippen molar-refractivity contribution in [2.75, 3.05) is 0 Å². The zero-order chi connectivity index (χ0) is 18.7. The van der Waals surface area contributed by atoms with Gasteiger partial charge in [-0.3, -0.25) is 0 Å². The van der Waals surface area contributed by atoms with E-state index in [0.717, 1.165) is 6.07 Å². The molecule has 3 rings (SSSR count). The monoisotopic (exact) mass is 357 g/mol. The number of hydrogen-bond acceptors (Lipinski definition) is 2. The van der Waals surface area contributed by atoms with Gasteiger partial charge in [0.15, 0.2) is 11.6 Å². The highest BCUT2D eigenvalue weighted by Gasteiger charge is 2.11. The van der Waals surface area contributed by atoms with Crippen molar-refractivity contribution in [1.29, 1.82) is 5.26 Å². The molecule has 0 aliphatic heterocycles. The molecule has 3 aromatic rings. The molecule has 0 radical (unpaired) electrons. The lowest BCUT2D eigenvalue weighted by atomic mass is 10.0. The molecule has 2 nitrogen and oxygen atoms in total. The van der Waals surface area contributed by atoms with Crippen LogP contribution >= 0.6 is 0 Å². The van der Waals surface area contributed by atoms with Gasteiger partial charge in [-0.1, -0.05) is 18.2 Å². The van der Waals surface area contributed by atoms with Gasteiger partial charge in [-0.25, -0.2) is 17.6 Å². The lowest BCUT2D eigenvalue weighted by Gasteiger charge is -2.09. The molecule has 0 heterocycles. The summed E-state index contributed by atoms with van der Waals surface area (Å²) >= 11 is 0. The Bertz CT molecular complexity index is 994. The van der Waals surface area contributed by atoms with E-state index >= 15 is 0 Å². The number of rotatable bonds is 4. The van der Waals surface area contributed by atoms with E-state index < -0.39 is 23.3 Å². The summed E-state index contributed by atoms with van der Waals surface area (Å²) in [6, 6.07) is 13.2. The second kappa shape index (κ2) is 7.28. The first kappa shape index (κ1) is 17.5. The lowest BCUT2D eigenvalue weighted by Crippen LogP contribution is -1.97. The van der Waals surface area contributed by atoms with Crippen LogP contribution < -0.4 is 4.74 Å². The van der Waals surface area contributed by atoms with E-state index in [9.17, 15) is 17.6 Å². The fourth-order valence-electron chi connectivity index (χ4n) is 2.39. The summed E-state index contributed by atoms with van der Waals surface area (Å²) in [6.07, 6.45) is 0. The van der Waals surface area contributed by atoms with Crippen LogP contribution in [0.15, 0.2) is 54.6 Å². The predicted molar refractivity (Wildman–Crippen MR) is 87.2 cm³/mol. The Hall–Kier alpha value is -3.33. The molecule has 0 unspecified atom stereocenters. The third kappa shape index (κ3) is 3.67. The van der Waals surface area contributed by atoms with Crippen LogP contribution in [0.4, 0.5) is 17.6 Å². The maximum Gasteiger partial charge on any atom is 0.161 e. The molecule has 0 N–H and O–H groups in total. The number of halogens is 4. The van der Waals surface area contributed by atoms with Gasteiger partial charge in [0.25, 0.3) is 0 Å². The molecule has 0 amide bonds. The summed E-state index contributed by atoms with van der Waals surface area (Å²) in [5.41, 5.74) is 0.837. The first-order valence-electron chi connectivity index (χ1n) is 7.54. The standard InChI is InChI=1S/C20H11F4NO/c21-17-6-1-12(7-14(17)10-25)11-26-15-4-2-13(3-5-15)16-8-19(23)20(24)9-18(16)22/h1-9H,11H2. The molecule has 0 saturated heterocycles. The molecule has 0 spiro atoms. The predicted octanol–water partition coefficient (Wildman–Crippen LogP) is 5.36. The summed E-state index contributed by atoms with van der Waals surface area (Å²) in [7, 11) is 0. The first-order valence-corrected chi connectivity index (χ1v) is 7.54. The average Bonchev–Trinajstić information content (AvgIpc) is 2.64. The van der Waals surface area contributed by atoms with Crippen LogP contribution in [0.1, 0.15) is 11.1 Å². The molecule has 0 bridgehead atoms. The van der Waals surface area contributed by atoms with Crippen LogP contribution in [0, 0.1) is 34.6 Å². The third-order valence-electron chi connectivity index (χ3n) is 3.73. The van der Waals surface area contributed by atoms with E-state index in [2.05, 4.69) is 0 Å². The fourth-order valence-corrected chi connectivity index (χ4v) is 2.39. The Labute approximate surface area is 146 Å². The third-order valence-corrected chi connectivity index (χ3v) is 3.73. The van der Waals surface area contributed by atoms with Crippen molar-refractivity contribution in [1.82, 2.24) is 0 Å². The van der Waals surface area contributed by atoms with E-state index in [-0.39, 0.29) is 17.7 Å². The number of nitriles is 1. The van der Waals surface area contributed by atoms with E-state index in [1.54, 1.807) is 18.2 Å². The largest absolute Gasteiger partial charge is 0.489 e. The highest BCUT2D eigenvalue weighted by atomic mass is 19.2. The Kier molecular flexibility index (Phi) is 4.90. The van der Waals surface area contributed by atoms with Crippen LogP contribution in [0.25, 0.3) is 11.1 Å². The maximum absolute atomic E-state index is 13.8. The highest BCUT2D eigenvalue weighted by molar-refractivity contribution is 5.65.